The lowest BCUT2D eigenvalue weighted by atomic mass is 9.95. The summed E-state index contributed by atoms with van der Waals surface area (Å²) in [6, 6.07) is 0. The number of rotatable bonds is 2. The molecule has 0 aromatic heterocycles. The third-order valence-corrected chi connectivity index (χ3v) is 3.63. The summed E-state index contributed by atoms with van der Waals surface area (Å²) in [5.41, 5.74) is 0. The summed E-state index contributed by atoms with van der Waals surface area (Å²) in [6.45, 7) is 4.58. The van der Waals surface area contributed by atoms with Gasteiger partial charge in [0, 0.05) is 6.54 Å². The lowest BCUT2D eigenvalue weighted by Gasteiger charge is -2.34. The molecule has 2 aliphatic rings. The van der Waals surface area contributed by atoms with E-state index in [4.69, 9.17) is 4.74 Å². The van der Waals surface area contributed by atoms with Crippen LogP contribution in [0.2, 0.25) is 0 Å². The number of ether oxygens (including phenoxy) is 1. The lowest BCUT2D eigenvalue weighted by molar-refractivity contribution is -0.0642. The number of piperidine rings is 1. The molecule has 2 atom stereocenters. The fourth-order valence-corrected chi connectivity index (χ4v) is 2.64. The van der Waals surface area contributed by atoms with Gasteiger partial charge >= 0.3 is 0 Å². The molecule has 0 spiro atoms. The number of hydrogen-bond donors (Lipinski definition) is 1. The zero-order chi connectivity index (χ0) is 9.80. The van der Waals surface area contributed by atoms with E-state index < -0.39 is 0 Å². The van der Waals surface area contributed by atoms with Crippen LogP contribution in [0.5, 0.6) is 0 Å². The summed E-state index contributed by atoms with van der Waals surface area (Å²) in [7, 11) is 0. The summed E-state index contributed by atoms with van der Waals surface area (Å²) >= 11 is 0. The Morgan fingerprint density at radius 3 is 2.57 bits per heavy atom. The van der Waals surface area contributed by atoms with Gasteiger partial charge in [-0.3, -0.25) is 0 Å². The predicted molar refractivity (Wildman–Crippen MR) is 58.4 cm³/mol. The molecule has 1 aliphatic heterocycles. The summed E-state index contributed by atoms with van der Waals surface area (Å²) in [4.78, 5) is 0. The predicted octanol–water partition coefficient (Wildman–Crippen LogP) is 2.33. The van der Waals surface area contributed by atoms with Gasteiger partial charge in [-0.05, 0) is 31.7 Å². The highest BCUT2D eigenvalue weighted by atomic mass is 16.5. The Bertz CT molecular complexity index is 166. The summed E-state index contributed by atoms with van der Waals surface area (Å²) in [5.74, 6) is 0.700. The summed E-state index contributed by atoms with van der Waals surface area (Å²) in [6.07, 6.45) is 9.09. The van der Waals surface area contributed by atoms with Gasteiger partial charge in [-0.25, -0.2) is 0 Å². The molecule has 2 fully saturated rings. The van der Waals surface area contributed by atoms with E-state index in [0.717, 1.165) is 13.1 Å². The van der Waals surface area contributed by atoms with E-state index in [2.05, 4.69) is 12.2 Å². The highest BCUT2D eigenvalue weighted by Crippen LogP contribution is 2.25. The van der Waals surface area contributed by atoms with Crippen molar-refractivity contribution in [3.63, 3.8) is 0 Å². The first-order valence-corrected chi connectivity index (χ1v) is 6.22. The number of nitrogens with one attached hydrogen (secondary N) is 1. The molecule has 0 aromatic rings. The molecule has 1 saturated carbocycles. The van der Waals surface area contributed by atoms with Crippen LogP contribution < -0.4 is 5.32 Å². The van der Waals surface area contributed by atoms with Gasteiger partial charge < -0.3 is 10.1 Å². The Hall–Kier alpha value is -0.0800. The second-order valence-electron chi connectivity index (χ2n) is 4.90. The highest BCUT2D eigenvalue weighted by molar-refractivity contribution is 4.77. The lowest BCUT2D eigenvalue weighted by Crippen LogP contribution is -2.41. The summed E-state index contributed by atoms with van der Waals surface area (Å²) < 4.78 is 6.20. The molecule has 1 aliphatic carbocycles. The third kappa shape index (κ3) is 2.71. The van der Waals surface area contributed by atoms with Crippen molar-refractivity contribution in [1.82, 2.24) is 5.32 Å². The molecule has 1 N–H and O–H groups in total. The van der Waals surface area contributed by atoms with Gasteiger partial charge in [0.1, 0.15) is 0 Å². The average molecular weight is 197 g/mol. The van der Waals surface area contributed by atoms with E-state index in [1.807, 2.05) is 0 Å². The molecule has 0 aromatic carbocycles. The SMILES string of the molecule is CC1CNCCC1OC1CCCCC1. The minimum Gasteiger partial charge on any atom is -0.375 e. The van der Waals surface area contributed by atoms with Crippen LogP contribution in [0.15, 0.2) is 0 Å². The first kappa shape index (κ1) is 10.4. The maximum Gasteiger partial charge on any atom is 0.0628 e. The third-order valence-electron chi connectivity index (χ3n) is 3.63. The van der Waals surface area contributed by atoms with Gasteiger partial charge in [-0.15, -0.1) is 0 Å². The molecule has 1 saturated heterocycles. The van der Waals surface area contributed by atoms with E-state index in [1.54, 1.807) is 0 Å². The molecule has 2 nitrogen and oxygen atoms in total. The maximum atomic E-state index is 6.20. The zero-order valence-corrected chi connectivity index (χ0v) is 9.30. The second-order valence-corrected chi connectivity index (χ2v) is 4.90. The normalized spacial score (nSPS) is 35.8. The standard InChI is InChI=1S/C12H23NO/c1-10-9-13-8-7-12(10)14-11-5-3-2-4-6-11/h10-13H,2-9H2,1H3. The van der Waals surface area contributed by atoms with Crippen LogP contribution in [-0.2, 0) is 4.74 Å². The fourth-order valence-electron chi connectivity index (χ4n) is 2.64. The van der Waals surface area contributed by atoms with Crippen LogP contribution in [0.1, 0.15) is 45.4 Å². The average Bonchev–Trinajstić information content (AvgIpc) is 2.23. The molecule has 2 unspecified atom stereocenters. The van der Waals surface area contributed by atoms with Crippen LogP contribution in [0.4, 0.5) is 0 Å². The number of hydrogen-bond acceptors (Lipinski definition) is 2. The molecular weight excluding hydrogens is 174 g/mol. The van der Waals surface area contributed by atoms with Gasteiger partial charge in [0.25, 0.3) is 0 Å². The Morgan fingerprint density at radius 1 is 1.07 bits per heavy atom. The Balaban J connectivity index is 1.76. The van der Waals surface area contributed by atoms with Crippen molar-refractivity contribution in [2.24, 2.45) is 5.92 Å². The van der Waals surface area contributed by atoms with Crippen LogP contribution in [0.25, 0.3) is 0 Å². The van der Waals surface area contributed by atoms with Crippen molar-refractivity contribution in [2.75, 3.05) is 13.1 Å². The minimum absolute atomic E-state index is 0.527. The molecule has 0 amide bonds. The van der Waals surface area contributed by atoms with Crippen molar-refractivity contribution in [1.29, 1.82) is 0 Å². The molecule has 0 bridgehead atoms. The van der Waals surface area contributed by atoms with Gasteiger partial charge in [0.2, 0.25) is 0 Å². The first-order valence-electron chi connectivity index (χ1n) is 6.22. The molecule has 2 rings (SSSR count). The smallest absolute Gasteiger partial charge is 0.0628 e. The molecule has 14 heavy (non-hydrogen) atoms. The molecular formula is C12H23NO. The van der Waals surface area contributed by atoms with Crippen LogP contribution >= 0.6 is 0 Å². The Kier molecular flexibility index (Phi) is 3.82. The Labute approximate surface area is 87.4 Å². The minimum atomic E-state index is 0.527. The fraction of sp³-hybridized carbons (Fsp3) is 1.00. The van der Waals surface area contributed by atoms with Gasteiger partial charge in [0.15, 0.2) is 0 Å². The van der Waals surface area contributed by atoms with Crippen LogP contribution in [0, 0.1) is 5.92 Å². The van der Waals surface area contributed by atoms with Gasteiger partial charge in [-0.1, -0.05) is 26.2 Å². The molecule has 2 heteroatoms. The maximum absolute atomic E-state index is 6.20. The highest BCUT2D eigenvalue weighted by Gasteiger charge is 2.25. The van der Waals surface area contributed by atoms with E-state index in [-0.39, 0.29) is 0 Å². The van der Waals surface area contributed by atoms with Crippen molar-refractivity contribution in [2.45, 2.75) is 57.7 Å². The Morgan fingerprint density at radius 2 is 1.86 bits per heavy atom. The quantitative estimate of drug-likeness (QED) is 0.733. The van der Waals surface area contributed by atoms with Crippen molar-refractivity contribution in [3.8, 4) is 0 Å². The largest absolute Gasteiger partial charge is 0.375 e. The zero-order valence-electron chi connectivity index (χ0n) is 9.30. The molecule has 82 valence electrons. The van der Waals surface area contributed by atoms with Crippen molar-refractivity contribution >= 4 is 0 Å². The van der Waals surface area contributed by atoms with E-state index in [1.165, 1.54) is 38.5 Å². The topological polar surface area (TPSA) is 21.3 Å². The van der Waals surface area contributed by atoms with E-state index in [0.29, 0.717) is 18.1 Å². The molecule has 0 radical (unpaired) electrons. The van der Waals surface area contributed by atoms with E-state index in [9.17, 15) is 0 Å². The second kappa shape index (κ2) is 5.13. The monoisotopic (exact) mass is 197 g/mol. The van der Waals surface area contributed by atoms with Crippen molar-refractivity contribution in [3.05, 3.63) is 0 Å². The summed E-state index contributed by atoms with van der Waals surface area (Å²) in [5, 5.41) is 3.42. The van der Waals surface area contributed by atoms with Crippen molar-refractivity contribution < 1.29 is 4.74 Å². The van der Waals surface area contributed by atoms with Crippen LogP contribution in [0.3, 0.4) is 0 Å². The molecule has 1 heterocycles. The van der Waals surface area contributed by atoms with Gasteiger partial charge in [0.05, 0.1) is 12.2 Å². The van der Waals surface area contributed by atoms with Crippen LogP contribution in [-0.4, -0.2) is 25.3 Å². The first-order chi connectivity index (χ1) is 6.86. The van der Waals surface area contributed by atoms with Gasteiger partial charge in [-0.2, -0.15) is 0 Å². The van der Waals surface area contributed by atoms with E-state index >= 15 is 0 Å².